The first-order valence-corrected chi connectivity index (χ1v) is 4.92. The van der Waals surface area contributed by atoms with Gasteiger partial charge in [-0.2, -0.15) is 0 Å². The predicted molar refractivity (Wildman–Crippen MR) is 49.6 cm³/mol. The van der Waals surface area contributed by atoms with Gasteiger partial charge in [-0.25, -0.2) is 4.68 Å². The quantitative estimate of drug-likeness (QED) is 0.659. The molecule has 0 aliphatic heterocycles. The summed E-state index contributed by atoms with van der Waals surface area (Å²) < 4.78 is 1.67. The molecular weight excluding hydrogens is 180 g/mol. The highest BCUT2D eigenvalue weighted by Crippen LogP contribution is 2.34. The summed E-state index contributed by atoms with van der Waals surface area (Å²) >= 11 is 0. The van der Waals surface area contributed by atoms with E-state index in [9.17, 15) is 4.79 Å². The van der Waals surface area contributed by atoms with Crippen molar-refractivity contribution in [2.24, 2.45) is 13.0 Å². The molecule has 1 aromatic heterocycles. The van der Waals surface area contributed by atoms with E-state index in [4.69, 9.17) is 0 Å². The maximum Gasteiger partial charge on any atom is 0.154 e. The molecule has 0 amide bonds. The second-order valence-electron chi connectivity index (χ2n) is 4.03. The van der Waals surface area contributed by atoms with Gasteiger partial charge in [-0.1, -0.05) is 6.92 Å². The van der Waals surface area contributed by atoms with Crippen LogP contribution < -0.4 is 0 Å². The van der Waals surface area contributed by atoms with Crippen LogP contribution in [-0.2, 0) is 11.8 Å². The van der Waals surface area contributed by atoms with Crippen LogP contribution in [0.3, 0.4) is 0 Å². The molecule has 1 saturated carbocycles. The third-order valence-electron chi connectivity index (χ3n) is 3.00. The molecule has 14 heavy (non-hydrogen) atoms. The molecule has 5 heteroatoms. The van der Waals surface area contributed by atoms with Crippen molar-refractivity contribution in [2.45, 2.75) is 32.1 Å². The molecule has 5 nitrogen and oxygen atoms in total. The van der Waals surface area contributed by atoms with Crippen molar-refractivity contribution in [1.29, 1.82) is 0 Å². The van der Waals surface area contributed by atoms with E-state index in [0.717, 1.165) is 12.2 Å². The Morgan fingerprint density at radius 2 is 2.29 bits per heavy atom. The van der Waals surface area contributed by atoms with Crippen LogP contribution in [0.2, 0.25) is 0 Å². The lowest BCUT2D eigenvalue weighted by atomic mass is 9.79. The molecule has 76 valence electrons. The third kappa shape index (κ3) is 1.54. The van der Waals surface area contributed by atoms with Crippen LogP contribution in [0.4, 0.5) is 0 Å². The first-order chi connectivity index (χ1) is 6.68. The molecule has 2 rings (SSSR count). The van der Waals surface area contributed by atoms with Crippen LogP contribution in [0.1, 0.15) is 37.9 Å². The zero-order valence-corrected chi connectivity index (χ0v) is 8.47. The summed E-state index contributed by atoms with van der Waals surface area (Å²) in [5.74, 6) is 1.87. The minimum absolute atomic E-state index is 0.205. The van der Waals surface area contributed by atoms with E-state index >= 15 is 0 Å². The maximum atomic E-state index is 11.3. The van der Waals surface area contributed by atoms with E-state index in [-0.39, 0.29) is 5.92 Å². The molecule has 1 fully saturated rings. The summed E-state index contributed by atoms with van der Waals surface area (Å²) in [7, 11) is 1.82. The van der Waals surface area contributed by atoms with E-state index in [0.29, 0.717) is 24.5 Å². The number of ketones is 1. The van der Waals surface area contributed by atoms with Gasteiger partial charge in [0, 0.05) is 25.8 Å². The number of carbonyl (C=O) groups excluding carboxylic acids is 1. The van der Waals surface area contributed by atoms with Crippen molar-refractivity contribution in [3.63, 3.8) is 0 Å². The Bertz CT molecular complexity index is 346. The Hall–Kier alpha value is -1.26. The number of hydrogen-bond acceptors (Lipinski definition) is 4. The molecule has 1 aliphatic rings. The first kappa shape index (κ1) is 9.30. The van der Waals surface area contributed by atoms with Gasteiger partial charge in [0.2, 0.25) is 0 Å². The van der Waals surface area contributed by atoms with Gasteiger partial charge in [0.25, 0.3) is 0 Å². The van der Waals surface area contributed by atoms with Crippen LogP contribution in [0.5, 0.6) is 0 Å². The molecule has 2 unspecified atom stereocenters. The summed E-state index contributed by atoms with van der Waals surface area (Å²) in [6.45, 7) is 2.16. The van der Waals surface area contributed by atoms with Crippen LogP contribution >= 0.6 is 0 Å². The topological polar surface area (TPSA) is 60.7 Å². The Labute approximate surface area is 82.5 Å². The number of nitrogens with zero attached hydrogens (tertiary/aromatic N) is 4. The number of carbonyl (C=O) groups is 1. The third-order valence-corrected chi connectivity index (χ3v) is 3.00. The van der Waals surface area contributed by atoms with Crippen molar-refractivity contribution in [2.75, 3.05) is 0 Å². The molecule has 0 aromatic carbocycles. The van der Waals surface area contributed by atoms with Gasteiger partial charge in [-0.15, -0.1) is 5.10 Å². The van der Waals surface area contributed by atoms with Gasteiger partial charge in [0.05, 0.1) is 0 Å². The van der Waals surface area contributed by atoms with Crippen molar-refractivity contribution in [3.8, 4) is 0 Å². The van der Waals surface area contributed by atoms with Crippen molar-refractivity contribution in [3.05, 3.63) is 5.82 Å². The van der Waals surface area contributed by atoms with Crippen molar-refractivity contribution < 1.29 is 4.79 Å². The maximum absolute atomic E-state index is 11.3. The summed E-state index contributed by atoms with van der Waals surface area (Å²) in [5, 5.41) is 11.4. The highest BCUT2D eigenvalue weighted by atomic mass is 16.1. The van der Waals surface area contributed by atoms with Gasteiger partial charge in [0.1, 0.15) is 5.78 Å². The lowest BCUT2D eigenvalue weighted by Gasteiger charge is -2.26. The second kappa shape index (κ2) is 3.48. The Morgan fingerprint density at radius 3 is 2.93 bits per heavy atom. The minimum Gasteiger partial charge on any atom is -0.300 e. The van der Waals surface area contributed by atoms with E-state index < -0.39 is 0 Å². The predicted octanol–water partition coefficient (Wildman–Crippen LogP) is 0.683. The normalized spacial score (nSPS) is 28.0. The smallest absolute Gasteiger partial charge is 0.154 e. The monoisotopic (exact) mass is 194 g/mol. The van der Waals surface area contributed by atoms with E-state index in [1.54, 1.807) is 4.68 Å². The fourth-order valence-electron chi connectivity index (χ4n) is 2.03. The Kier molecular flexibility index (Phi) is 2.31. The molecule has 2 atom stereocenters. The van der Waals surface area contributed by atoms with Gasteiger partial charge in [-0.3, -0.25) is 4.79 Å². The summed E-state index contributed by atoms with van der Waals surface area (Å²) in [6.07, 6.45) is 2.26. The molecule has 1 heterocycles. The molecule has 0 spiro atoms. The fourth-order valence-corrected chi connectivity index (χ4v) is 2.03. The SMILES string of the molecule is CC1CCC(=O)CC1c1nnnn1C. The van der Waals surface area contributed by atoms with E-state index in [2.05, 4.69) is 22.4 Å². The molecule has 0 bridgehead atoms. The lowest BCUT2D eigenvalue weighted by molar-refractivity contribution is -0.121. The summed E-state index contributed by atoms with van der Waals surface area (Å²) in [4.78, 5) is 11.3. The Balaban J connectivity index is 2.24. The second-order valence-corrected chi connectivity index (χ2v) is 4.03. The molecule has 1 aromatic rings. The van der Waals surface area contributed by atoms with Crippen LogP contribution in [0.15, 0.2) is 0 Å². The highest BCUT2D eigenvalue weighted by molar-refractivity contribution is 5.80. The minimum atomic E-state index is 0.205. The number of aryl methyl sites for hydroxylation is 1. The average molecular weight is 194 g/mol. The molecule has 0 saturated heterocycles. The molecule has 0 N–H and O–H groups in total. The lowest BCUT2D eigenvalue weighted by Crippen LogP contribution is -2.23. The van der Waals surface area contributed by atoms with Gasteiger partial charge < -0.3 is 0 Å². The summed E-state index contributed by atoms with van der Waals surface area (Å²) in [5.41, 5.74) is 0. The number of aromatic nitrogens is 4. The van der Waals surface area contributed by atoms with Crippen LogP contribution in [0.25, 0.3) is 0 Å². The zero-order valence-electron chi connectivity index (χ0n) is 8.47. The number of tetrazole rings is 1. The fraction of sp³-hybridized carbons (Fsp3) is 0.778. The summed E-state index contributed by atoms with van der Waals surface area (Å²) in [6, 6.07) is 0. The van der Waals surface area contributed by atoms with Gasteiger partial charge in [-0.05, 0) is 22.8 Å². The molecule has 0 radical (unpaired) electrons. The standard InChI is InChI=1S/C9H14N4O/c1-6-3-4-7(14)5-8(6)9-10-11-12-13(9)2/h6,8H,3-5H2,1-2H3. The van der Waals surface area contributed by atoms with Gasteiger partial charge in [0.15, 0.2) is 5.82 Å². The first-order valence-electron chi connectivity index (χ1n) is 4.92. The van der Waals surface area contributed by atoms with Crippen molar-refractivity contribution in [1.82, 2.24) is 20.2 Å². The number of Topliss-reactive ketones (excluding diaryl/α,β-unsaturated/α-hetero) is 1. The Morgan fingerprint density at radius 1 is 1.50 bits per heavy atom. The van der Waals surface area contributed by atoms with E-state index in [1.807, 2.05) is 7.05 Å². The van der Waals surface area contributed by atoms with E-state index in [1.165, 1.54) is 0 Å². The zero-order chi connectivity index (χ0) is 10.1. The van der Waals surface area contributed by atoms with Crippen LogP contribution in [0, 0.1) is 5.92 Å². The molecule has 1 aliphatic carbocycles. The molecular formula is C9H14N4O. The number of hydrogen-bond donors (Lipinski definition) is 0. The largest absolute Gasteiger partial charge is 0.300 e. The number of rotatable bonds is 1. The van der Waals surface area contributed by atoms with Gasteiger partial charge >= 0.3 is 0 Å². The van der Waals surface area contributed by atoms with Crippen LogP contribution in [-0.4, -0.2) is 26.0 Å². The average Bonchev–Trinajstić information content (AvgIpc) is 2.56. The van der Waals surface area contributed by atoms with Crippen molar-refractivity contribution >= 4 is 5.78 Å². The highest BCUT2D eigenvalue weighted by Gasteiger charge is 2.30.